The second-order valence-electron chi connectivity index (χ2n) is 7.35. The Hall–Kier alpha value is -3.22. The number of nitrogens with zero attached hydrogens (tertiary/aromatic N) is 3. The number of nitrogens with one attached hydrogen (secondary N) is 1. The molecule has 1 aromatic heterocycles. The number of hydrogen-bond donors (Lipinski definition) is 1. The van der Waals surface area contributed by atoms with Crippen molar-refractivity contribution < 1.29 is 14.4 Å². The predicted octanol–water partition coefficient (Wildman–Crippen LogP) is 3.72. The molecule has 7 heteroatoms. The number of carbonyl (C=O) groups is 3. The van der Waals surface area contributed by atoms with E-state index >= 15 is 0 Å². The number of imide groups is 1. The maximum atomic E-state index is 12.3. The van der Waals surface area contributed by atoms with Crippen LogP contribution < -0.4 is 10.2 Å². The zero-order valence-corrected chi connectivity index (χ0v) is 17.6. The van der Waals surface area contributed by atoms with Gasteiger partial charge in [0, 0.05) is 26.1 Å². The largest absolute Gasteiger partial charge is 0.357 e. The van der Waals surface area contributed by atoms with Gasteiger partial charge >= 0.3 is 0 Å². The van der Waals surface area contributed by atoms with Crippen LogP contribution >= 0.6 is 0 Å². The lowest BCUT2D eigenvalue weighted by atomic mass is 10.1. The first-order valence-corrected chi connectivity index (χ1v) is 10.5. The van der Waals surface area contributed by atoms with Crippen LogP contribution in [0.3, 0.4) is 0 Å². The van der Waals surface area contributed by atoms with Gasteiger partial charge in [-0.25, -0.2) is 4.98 Å². The fourth-order valence-corrected chi connectivity index (χ4v) is 3.59. The highest BCUT2D eigenvalue weighted by Crippen LogP contribution is 2.22. The highest BCUT2D eigenvalue weighted by atomic mass is 16.2. The summed E-state index contributed by atoms with van der Waals surface area (Å²) >= 11 is 0. The van der Waals surface area contributed by atoms with Crippen LogP contribution in [0.2, 0.25) is 0 Å². The number of carbonyl (C=O) groups excluding carboxylic acids is 3. The molecule has 1 aliphatic rings. The van der Waals surface area contributed by atoms with E-state index in [0.717, 1.165) is 31.7 Å². The van der Waals surface area contributed by atoms with E-state index in [1.807, 2.05) is 12.1 Å². The fourth-order valence-electron chi connectivity index (χ4n) is 3.59. The summed E-state index contributed by atoms with van der Waals surface area (Å²) in [5, 5.41) is 2.83. The highest BCUT2D eigenvalue weighted by molar-refractivity contribution is 6.21. The van der Waals surface area contributed by atoms with E-state index in [0.29, 0.717) is 23.2 Å². The first-order chi connectivity index (χ1) is 14.5. The summed E-state index contributed by atoms with van der Waals surface area (Å²) in [5.74, 6) is 0.154. The Balaban J connectivity index is 1.48. The van der Waals surface area contributed by atoms with E-state index in [2.05, 4.69) is 29.0 Å². The molecule has 0 spiro atoms. The number of amides is 3. The standard InChI is InChI=1S/C23H28N4O3/c1-3-13-26(14-4-2)20-12-11-17(16-24-20)25-21(28)10-7-15-27-22(29)18-8-5-6-9-19(18)23(27)30/h5-6,8-9,11-12,16H,3-4,7,10,13-15H2,1-2H3,(H,25,28). The first kappa shape index (κ1) is 21.5. The summed E-state index contributed by atoms with van der Waals surface area (Å²) in [6.45, 7) is 6.40. The number of pyridine rings is 1. The molecular weight excluding hydrogens is 380 g/mol. The van der Waals surface area contributed by atoms with Crippen LogP contribution in [-0.2, 0) is 4.79 Å². The number of fused-ring (bicyclic) bond motifs is 1. The zero-order valence-electron chi connectivity index (χ0n) is 17.6. The molecule has 7 nitrogen and oxygen atoms in total. The van der Waals surface area contributed by atoms with Gasteiger partial charge in [0.25, 0.3) is 11.8 Å². The molecule has 1 aromatic carbocycles. The molecule has 158 valence electrons. The SMILES string of the molecule is CCCN(CCC)c1ccc(NC(=O)CCCN2C(=O)c3ccccc3C2=O)cn1. The summed E-state index contributed by atoms with van der Waals surface area (Å²) in [5.41, 5.74) is 1.49. The molecule has 3 rings (SSSR count). The highest BCUT2D eigenvalue weighted by Gasteiger charge is 2.34. The molecule has 2 aromatic rings. The summed E-state index contributed by atoms with van der Waals surface area (Å²) in [7, 11) is 0. The van der Waals surface area contributed by atoms with E-state index in [1.165, 1.54) is 4.90 Å². The van der Waals surface area contributed by atoms with Gasteiger partial charge in [0.1, 0.15) is 5.82 Å². The Morgan fingerprint density at radius 2 is 1.63 bits per heavy atom. The average Bonchev–Trinajstić information content (AvgIpc) is 2.99. The third kappa shape index (κ3) is 4.84. The van der Waals surface area contributed by atoms with E-state index in [1.54, 1.807) is 30.5 Å². The van der Waals surface area contributed by atoms with Crippen molar-refractivity contribution in [2.75, 3.05) is 29.9 Å². The first-order valence-electron chi connectivity index (χ1n) is 10.5. The smallest absolute Gasteiger partial charge is 0.261 e. The molecule has 3 amide bonds. The lowest BCUT2D eigenvalue weighted by Gasteiger charge is -2.22. The molecule has 0 saturated carbocycles. The monoisotopic (exact) mass is 408 g/mol. The van der Waals surface area contributed by atoms with Crippen LogP contribution in [0, 0.1) is 0 Å². The van der Waals surface area contributed by atoms with Crippen molar-refractivity contribution in [1.29, 1.82) is 0 Å². The molecular formula is C23H28N4O3. The van der Waals surface area contributed by atoms with E-state index in [-0.39, 0.29) is 30.7 Å². The van der Waals surface area contributed by atoms with Crippen molar-refractivity contribution in [3.05, 3.63) is 53.7 Å². The van der Waals surface area contributed by atoms with E-state index < -0.39 is 0 Å². The van der Waals surface area contributed by atoms with Crippen molar-refractivity contribution >= 4 is 29.2 Å². The van der Waals surface area contributed by atoms with Gasteiger partial charge in [-0.1, -0.05) is 26.0 Å². The molecule has 0 radical (unpaired) electrons. The maximum absolute atomic E-state index is 12.3. The van der Waals surface area contributed by atoms with Crippen LogP contribution in [0.25, 0.3) is 0 Å². The Morgan fingerprint density at radius 3 is 2.17 bits per heavy atom. The van der Waals surface area contributed by atoms with E-state index in [4.69, 9.17) is 0 Å². The van der Waals surface area contributed by atoms with Crippen LogP contribution in [0.1, 0.15) is 60.2 Å². The molecule has 2 heterocycles. The second-order valence-corrected chi connectivity index (χ2v) is 7.35. The lowest BCUT2D eigenvalue weighted by molar-refractivity contribution is -0.116. The van der Waals surface area contributed by atoms with E-state index in [9.17, 15) is 14.4 Å². The minimum atomic E-state index is -0.292. The Morgan fingerprint density at radius 1 is 1.00 bits per heavy atom. The number of hydrogen-bond acceptors (Lipinski definition) is 5. The summed E-state index contributed by atoms with van der Waals surface area (Å²) in [6, 6.07) is 10.6. The number of rotatable bonds is 10. The Kier molecular flexibility index (Phi) is 7.17. The fraction of sp³-hybridized carbons (Fsp3) is 0.391. The van der Waals surface area contributed by atoms with Crippen molar-refractivity contribution in [1.82, 2.24) is 9.88 Å². The molecule has 0 fully saturated rings. The normalized spacial score (nSPS) is 12.8. The van der Waals surface area contributed by atoms with Gasteiger partial charge in [-0.2, -0.15) is 0 Å². The zero-order chi connectivity index (χ0) is 21.5. The van der Waals surface area contributed by atoms with Gasteiger partial charge in [0.15, 0.2) is 0 Å². The quantitative estimate of drug-likeness (QED) is 0.606. The van der Waals surface area contributed by atoms with Crippen molar-refractivity contribution in [2.24, 2.45) is 0 Å². The molecule has 30 heavy (non-hydrogen) atoms. The minimum absolute atomic E-state index is 0.167. The predicted molar refractivity (Wildman–Crippen MR) is 117 cm³/mol. The third-order valence-corrected chi connectivity index (χ3v) is 5.01. The summed E-state index contributed by atoms with van der Waals surface area (Å²) < 4.78 is 0. The molecule has 0 aliphatic carbocycles. The molecule has 0 bridgehead atoms. The molecule has 0 saturated heterocycles. The van der Waals surface area contributed by atoms with Crippen LogP contribution in [-0.4, -0.2) is 47.2 Å². The van der Waals surface area contributed by atoms with Crippen molar-refractivity contribution in [3.8, 4) is 0 Å². The summed E-state index contributed by atoms with van der Waals surface area (Å²) in [4.78, 5) is 44.9. The number of benzene rings is 1. The van der Waals surface area contributed by atoms with Crippen LogP contribution in [0.4, 0.5) is 11.5 Å². The topological polar surface area (TPSA) is 82.6 Å². The third-order valence-electron chi connectivity index (χ3n) is 5.01. The lowest BCUT2D eigenvalue weighted by Crippen LogP contribution is -2.31. The molecule has 0 atom stereocenters. The Labute approximate surface area is 177 Å². The van der Waals surface area contributed by atoms with Gasteiger partial charge in [0.05, 0.1) is 23.0 Å². The molecule has 0 unspecified atom stereocenters. The van der Waals surface area contributed by atoms with Crippen molar-refractivity contribution in [3.63, 3.8) is 0 Å². The maximum Gasteiger partial charge on any atom is 0.261 e. The number of anilines is 2. The average molecular weight is 409 g/mol. The van der Waals surface area contributed by atoms with Gasteiger partial charge in [-0.3, -0.25) is 19.3 Å². The van der Waals surface area contributed by atoms with Crippen LogP contribution in [0.15, 0.2) is 42.6 Å². The second kappa shape index (κ2) is 10.0. The number of aromatic nitrogens is 1. The summed E-state index contributed by atoms with van der Waals surface area (Å²) in [6.07, 6.45) is 4.38. The molecule has 1 N–H and O–H groups in total. The van der Waals surface area contributed by atoms with Gasteiger partial charge in [0.2, 0.25) is 5.91 Å². The Bertz CT molecular complexity index is 870. The van der Waals surface area contributed by atoms with Crippen LogP contribution in [0.5, 0.6) is 0 Å². The van der Waals surface area contributed by atoms with Crippen molar-refractivity contribution in [2.45, 2.75) is 39.5 Å². The van der Waals surface area contributed by atoms with Gasteiger partial charge in [-0.15, -0.1) is 0 Å². The molecule has 1 aliphatic heterocycles. The van der Waals surface area contributed by atoms with Gasteiger partial charge < -0.3 is 10.2 Å². The van der Waals surface area contributed by atoms with Gasteiger partial charge in [-0.05, 0) is 43.5 Å². The minimum Gasteiger partial charge on any atom is -0.357 e.